The van der Waals surface area contributed by atoms with Gasteiger partial charge in [-0.05, 0) is 32.4 Å². The number of H-pyrrole nitrogens is 1. The first-order chi connectivity index (χ1) is 11.3. The lowest BCUT2D eigenvalue weighted by Gasteiger charge is -2.20. The Labute approximate surface area is 142 Å². The summed E-state index contributed by atoms with van der Waals surface area (Å²) in [6, 6.07) is 3.85. The molecule has 3 rings (SSSR count). The van der Waals surface area contributed by atoms with Gasteiger partial charge in [0.05, 0.1) is 5.69 Å². The molecule has 2 aromatic heterocycles. The van der Waals surface area contributed by atoms with E-state index in [-0.39, 0.29) is 5.92 Å². The van der Waals surface area contributed by atoms with Crippen LogP contribution >= 0.6 is 0 Å². The molecule has 24 heavy (non-hydrogen) atoms. The molecule has 0 saturated carbocycles. The van der Waals surface area contributed by atoms with E-state index in [4.69, 9.17) is 0 Å². The second-order valence-electron chi connectivity index (χ2n) is 6.30. The van der Waals surface area contributed by atoms with Gasteiger partial charge in [-0.3, -0.25) is 5.10 Å². The first-order valence-corrected chi connectivity index (χ1v) is 9.22. The molecule has 1 saturated heterocycles. The molecule has 1 N–H and O–H groups in total. The second kappa shape index (κ2) is 6.23. The first kappa shape index (κ1) is 17.0. The Morgan fingerprint density at radius 1 is 1.21 bits per heavy atom. The molecule has 0 spiro atoms. The standard InChI is InChI=1S/C15H22N6O2S/c1-10-7-15(19-18-10)14-8-13(16-11(2)17-14)12-5-6-21(9-12)24(22,23)20(3)4/h7-8,12H,5-6,9H2,1-4H3,(H,18,19). The summed E-state index contributed by atoms with van der Waals surface area (Å²) in [5, 5.41) is 7.16. The summed E-state index contributed by atoms with van der Waals surface area (Å²) in [4.78, 5) is 8.98. The van der Waals surface area contributed by atoms with Crippen LogP contribution in [0.2, 0.25) is 0 Å². The van der Waals surface area contributed by atoms with E-state index in [1.165, 1.54) is 8.61 Å². The van der Waals surface area contributed by atoms with Crippen molar-refractivity contribution in [3.05, 3.63) is 29.3 Å². The van der Waals surface area contributed by atoms with Crippen molar-refractivity contribution in [2.24, 2.45) is 0 Å². The smallest absolute Gasteiger partial charge is 0.281 e. The Morgan fingerprint density at radius 2 is 1.96 bits per heavy atom. The van der Waals surface area contributed by atoms with Crippen LogP contribution in [0.1, 0.15) is 29.6 Å². The summed E-state index contributed by atoms with van der Waals surface area (Å²) in [6.07, 6.45) is 0.753. The van der Waals surface area contributed by atoms with Crippen molar-refractivity contribution in [2.75, 3.05) is 27.2 Å². The van der Waals surface area contributed by atoms with Crippen LogP contribution in [0.15, 0.2) is 12.1 Å². The molecule has 1 fully saturated rings. The Morgan fingerprint density at radius 3 is 2.58 bits per heavy atom. The number of hydrogen-bond acceptors (Lipinski definition) is 5. The number of aromatic nitrogens is 4. The van der Waals surface area contributed by atoms with Crippen LogP contribution in [-0.4, -0.2) is 64.4 Å². The predicted molar refractivity (Wildman–Crippen MR) is 90.6 cm³/mol. The van der Waals surface area contributed by atoms with Gasteiger partial charge < -0.3 is 0 Å². The van der Waals surface area contributed by atoms with Crippen LogP contribution in [0.3, 0.4) is 0 Å². The molecule has 1 aliphatic heterocycles. The van der Waals surface area contributed by atoms with Crippen molar-refractivity contribution in [1.29, 1.82) is 0 Å². The third kappa shape index (κ3) is 3.19. The van der Waals surface area contributed by atoms with Gasteiger partial charge in [0, 0.05) is 44.5 Å². The topological polar surface area (TPSA) is 95.1 Å². The molecule has 1 aliphatic rings. The average molecular weight is 350 g/mol. The highest BCUT2D eigenvalue weighted by Gasteiger charge is 2.34. The Bertz CT molecular complexity index is 845. The van der Waals surface area contributed by atoms with Crippen molar-refractivity contribution in [2.45, 2.75) is 26.2 Å². The van der Waals surface area contributed by atoms with Crippen molar-refractivity contribution < 1.29 is 8.42 Å². The summed E-state index contributed by atoms with van der Waals surface area (Å²) in [7, 11) is -0.278. The molecular weight excluding hydrogens is 328 g/mol. The van der Waals surface area contributed by atoms with E-state index in [0.29, 0.717) is 18.9 Å². The highest BCUT2D eigenvalue weighted by atomic mass is 32.2. The first-order valence-electron chi connectivity index (χ1n) is 7.83. The van der Waals surface area contributed by atoms with Crippen LogP contribution < -0.4 is 0 Å². The summed E-state index contributed by atoms with van der Waals surface area (Å²) >= 11 is 0. The Kier molecular flexibility index (Phi) is 4.41. The normalized spacial score (nSPS) is 19.3. The Hall–Kier alpha value is -1.84. The van der Waals surface area contributed by atoms with E-state index in [1.807, 2.05) is 26.0 Å². The van der Waals surface area contributed by atoms with Gasteiger partial charge in [0.1, 0.15) is 11.5 Å². The molecule has 0 bridgehead atoms. The number of hydrogen-bond donors (Lipinski definition) is 1. The monoisotopic (exact) mass is 350 g/mol. The molecular formula is C15H22N6O2S. The van der Waals surface area contributed by atoms with Crippen LogP contribution in [0, 0.1) is 13.8 Å². The summed E-state index contributed by atoms with van der Waals surface area (Å²) in [6.45, 7) is 4.73. The second-order valence-corrected chi connectivity index (χ2v) is 8.44. The quantitative estimate of drug-likeness (QED) is 0.890. The number of rotatable bonds is 4. The van der Waals surface area contributed by atoms with E-state index in [9.17, 15) is 8.42 Å². The molecule has 2 aromatic rings. The molecule has 0 amide bonds. The molecule has 130 valence electrons. The minimum absolute atomic E-state index is 0.0696. The van der Waals surface area contributed by atoms with Gasteiger partial charge in [0.15, 0.2) is 0 Å². The molecule has 3 heterocycles. The number of aromatic amines is 1. The zero-order valence-electron chi connectivity index (χ0n) is 14.3. The van der Waals surface area contributed by atoms with Crippen molar-refractivity contribution >= 4 is 10.2 Å². The van der Waals surface area contributed by atoms with Gasteiger partial charge in [-0.2, -0.15) is 22.1 Å². The van der Waals surface area contributed by atoms with E-state index in [2.05, 4.69) is 20.2 Å². The lowest BCUT2D eigenvalue weighted by Crippen LogP contribution is -2.38. The number of aryl methyl sites for hydroxylation is 2. The van der Waals surface area contributed by atoms with Gasteiger partial charge in [0.2, 0.25) is 0 Å². The molecule has 0 aliphatic carbocycles. The zero-order valence-corrected chi connectivity index (χ0v) is 15.1. The maximum atomic E-state index is 12.3. The number of nitrogens with one attached hydrogen (secondary N) is 1. The van der Waals surface area contributed by atoms with E-state index in [0.717, 1.165) is 29.2 Å². The van der Waals surface area contributed by atoms with E-state index in [1.54, 1.807) is 14.1 Å². The molecule has 9 heteroatoms. The highest BCUT2D eigenvalue weighted by molar-refractivity contribution is 7.86. The van der Waals surface area contributed by atoms with Crippen molar-refractivity contribution in [3.63, 3.8) is 0 Å². The van der Waals surface area contributed by atoms with Crippen molar-refractivity contribution in [1.82, 2.24) is 28.8 Å². The van der Waals surface area contributed by atoms with Gasteiger partial charge in [0.25, 0.3) is 10.2 Å². The summed E-state index contributed by atoms with van der Waals surface area (Å²) in [5.74, 6) is 0.734. The van der Waals surface area contributed by atoms with Crippen LogP contribution in [-0.2, 0) is 10.2 Å². The van der Waals surface area contributed by atoms with Crippen LogP contribution in [0.5, 0.6) is 0 Å². The molecule has 8 nitrogen and oxygen atoms in total. The molecule has 0 radical (unpaired) electrons. The fraction of sp³-hybridized carbons (Fsp3) is 0.533. The van der Waals surface area contributed by atoms with Gasteiger partial charge in [-0.25, -0.2) is 9.97 Å². The number of nitrogens with zero attached hydrogens (tertiary/aromatic N) is 5. The summed E-state index contributed by atoms with van der Waals surface area (Å²) < 4.78 is 27.3. The van der Waals surface area contributed by atoms with Crippen molar-refractivity contribution in [3.8, 4) is 11.4 Å². The third-order valence-corrected chi connectivity index (χ3v) is 6.09. The predicted octanol–water partition coefficient (Wildman–Crippen LogP) is 1.08. The highest BCUT2D eigenvalue weighted by Crippen LogP contribution is 2.30. The fourth-order valence-electron chi connectivity index (χ4n) is 2.89. The zero-order chi connectivity index (χ0) is 17.5. The minimum atomic E-state index is -3.38. The van der Waals surface area contributed by atoms with Gasteiger partial charge >= 0.3 is 0 Å². The molecule has 1 unspecified atom stereocenters. The summed E-state index contributed by atoms with van der Waals surface area (Å²) in [5.41, 5.74) is 3.37. The Balaban J connectivity index is 1.87. The molecule has 1 atom stereocenters. The van der Waals surface area contributed by atoms with E-state index >= 15 is 0 Å². The SMILES string of the molecule is Cc1nc(-c2cc(C)[nH]n2)cc(C2CCN(S(=O)(=O)N(C)C)C2)n1. The van der Waals surface area contributed by atoms with Crippen LogP contribution in [0.25, 0.3) is 11.4 Å². The minimum Gasteiger partial charge on any atom is -0.282 e. The van der Waals surface area contributed by atoms with Gasteiger partial charge in [-0.1, -0.05) is 0 Å². The largest absolute Gasteiger partial charge is 0.282 e. The van der Waals surface area contributed by atoms with E-state index < -0.39 is 10.2 Å². The average Bonchev–Trinajstić information content (AvgIpc) is 3.15. The maximum absolute atomic E-state index is 12.3. The molecule has 0 aromatic carbocycles. The van der Waals surface area contributed by atoms with Crippen LogP contribution in [0.4, 0.5) is 0 Å². The lowest BCUT2D eigenvalue weighted by atomic mass is 10.0. The maximum Gasteiger partial charge on any atom is 0.281 e. The third-order valence-electron chi connectivity index (χ3n) is 4.18. The lowest BCUT2D eigenvalue weighted by molar-refractivity contribution is 0.418. The van der Waals surface area contributed by atoms with Gasteiger partial charge in [-0.15, -0.1) is 0 Å². The fourth-order valence-corrected chi connectivity index (χ4v) is 4.06.